The third kappa shape index (κ3) is 3.97. The van der Waals surface area contributed by atoms with E-state index in [1.54, 1.807) is 20.2 Å². The second kappa shape index (κ2) is 7.57. The third-order valence-corrected chi connectivity index (χ3v) is 4.41. The lowest BCUT2D eigenvalue weighted by atomic mass is 10.2. The van der Waals surface area contributed by atoms with Gasteiger partial charge in [0.1, 0.15) is 0 Å². The number of fused-ring (bicyclic) bond motifs is 1. The quantitative estimate of drug-likeness (QED) is 0.819. The Hall–Kier alpha value is -3.22. The Morgan fingerprint density at radius 3 is 2.67 bits per heavy atom. The third-order valence-electron chi connectivity index (χ3n) is 4.41. The molecule has 0 fully saturated rings. The molecule has 3 rings (SSSR count). The molecule has 1 aliphatic heterocycles. The number of nitrogens with one attached hydrogen (secondary N) is 1. The highest BCUT2D eigenvalue weighted by molar-refractivity contribution is 5.94. The van der Waals surface area contributed by atoms with Crippen LogP contribution in [0.3, 0.4) is 0 Å². The van der Waals surface area contributed by atoms with Crippen LogP contribution in [-0.2, 0) is 9.59 Å². The lowest BCUT2D eigenvalue weighted by Gasteiger charge is -2.10. The summed E-state index contributed by atoms with van der Waals surface area (Å²) in [5, 5.41) is 2.58. The average molecular weight is 369 g/mol. The fraction of sp³-hybridized carbons (Fsp3) is 0.300. The molecule has 0 radical (unpaired) electrons. The highest BCUT2D eigenvalue weighted by Gasteiger charge is 2.16. The first-order valence-electron chi connectivity index (χ1n) is 8.62. The first-order chi connectivity index (χ1) is 12.9. The van der Waals surface area contributed by atoms with Crippen LogP contribution in [0.1, 0.15) is 17.0 Å². The van der Waals surface area contributed by atoms with Crippen molar-refractivity contribution in [2.45, 2.75) is 13.8 Å². The van der Waals surface area contributed by atoms with Crippen molar-refractivity contribution in [2.24, 2.45) is 0 Å². The van der Waals surface area contributed by atoms with Gasteiger partial charge in [-0.2, -0.15) is 0 Å². The molecule has 1 aromatic heterocycles. The smallest absolute Gasteiger partial charge is 0.244 e. The molecule has 1 N–H and O–H groups in total. The molecule has 2 aromatic rings. The number of rotatable bonds is 5. The number of carbonyl (C=O) groups is 2. The topological polar surface area (TPSA) is 72.8 Å². The van der Waals surface area contributed by atoms with E-state index in [0.717, 1.165) is 34.1 Å². The maximum absolute atomic E-state index is 11.9. The molecular weight excluding hydrogens is 346 g/mol. The minimum Gasteiger partial charge on any atom is -0.454 e. The second-order valence-corrected chi connectivity index (χ2v) is 6.54. The van der Waals surface area contributed by atoms with Crippen molar-refractivity contribution < 1.29 is 19.1 Å². The summed E-state index contributed by atoms with van der Waals surface area (Å²) in [5.41, 5.74) is 3.93. The largest absolute Gasteiger partial charge is 0.454 e. The van der Waals surface area contributed by atoms with Crippen LogP contribution < -0.4 is 14.8 Å². The Morgan fingerprint density at radius 2 is 1.93 bits per heavy atom. The summed E-state index contributed by atoms with van der Waals surface area (Å²) in [6, 6.07) is 7.81. The van der Waals surface area contributed by atoms with Crippen LogP contribution in [0.25, 0.3) is 11.8 Å². The Kier molecular flexibility index (Phi) is 5.21. The van der Waals surface area contributed by atoms with Gasteiger partial charge in [0.2, 0.25) is 18.6 Å². The van der Waals surface area contributed by atoms with Crippen molar-refractivity contribution in [1.29, 1.82) is 0 Å². The van der Waals surface area contributed by atoms with Crippen LogP contribution in [0.15, 0.2) is 30.3 Å². The molecule has 0 aliphatic carbocycles. The van der Waals surface area contributed by atoms with Crippen LogP contribution >= 0.6 is 0 Å². The molecule has 0 saturated carbocycles. The van der Waals surface area contributed by atoms with Gasteiger partial charge in [-0.15, -0.1) is 0 Å². The fourth-order valence-corrected chi connectivity index (χ4v) is 2.92. The van der Waals surface area contributed by atoms with Gasteiger partial charge in [0.15, 0.2) is 11.5 Å². The van der Waals surface area contributed by atoms with Gasteiger partial charge in [-0.1, -0.05) is 0 Å². The molecule has 142 valence electrons. The molecule has 0 spiro atoms. The van der Waals surface area contributed by atoms with E-state index in [1.807, 2.05) is 38.1 Å². The number of aryl methyl sites for hydroxylation is 1. The number of hydrogen-bond acceptors (Lipinski definition) is 4. The number of carbonyl (C=O) groups excluding carboxylic acids is 2. The van der Waals surface area contributed by atoms with Crippen LogP contribution in [0.4, 0.5) is 0 Å². The summed E-state index contributed by atoms with van der Waals surface area (Å²) in [7, 11) is 3.30. The second-order valence-electron chi connectivity index (χ2n) is 6.54. The maximum Gasteiger partial charge on any atom is 0.244 e. The number of benzene rings is 1. The summed E-state index contributed by atoms with van der Waals surface area (Å²) in [6.07, 6.45) is 3.19. The summed E-state index contributed by atoms with van der Waals surface area (Å²) in [6.45, 7) is 4.21. The zero-order chi connectivity index (χ0) is 19.6. The standard InChI is InChI=1S/C20H23N3O4/c1-13-9-15(5-8-19(24)21-11-20(25)22(3)4)14(2)23(13)16-6-7-17-18(10-16)27-12-26-17/h5-10H,11-12H2,1-4H3,(H,21,24)/b8-5+. The van der Waals surface area contributed by atoms with E-state index in [2.05, 4.69) is 9.88 Å². The van der Waals surface area contributed by atoms with Crippen molar-refractivity contribution in [3.8, 4) is 17.2 Å². The number of hydrogen-bond donors (Lipinski definition) is 1. The van der Waals surface area contributed by atoms with E-state index >= 15 is 0 Å². The van der Waals surface area contributed by atoms with Crippen molar-refractivity contribution in [1.82, 2.24) is 14.8 Å². The van der Waals surface area contributed by atoms with E-state index in [0.29, 0.717) is 0 Å². The molecule has 1 aliphatic rings. The van der Waals surface area contributed by atoms with Crippen LogP contribution in [0.2, 0.25) is 0 Å². The highest BCUT2D eigenvalue weighted by Crippen LogP contribution is 2.34. The van der Waals surface area contributed by atoms with E-state index in [1.165, 1.54) is 11.0 Å². The Bertz CT molecular complexity index is 912. The molecule has 0 atom stereocenters. The molecule has 0 bridgehead atoms. The number of likely N-dealkylation sites (N-methyl/N-ethyl adjacent to an activating group) is 1. The summed E-state index contributed by atoms with van der Waals surface area (Å²) >= 11 is 0. The van der Waals surface area contributed by atoms with Crippen LogP contribution in [0.5, 0.6) is 11.5 Å². The molecule has 7 heteroatoms. The predicted octanol–water partition coefficient (Wildman–Crippen LogP) is 2.04. The van der Waals surface area contributed by atoms with Crippen LogP contribution in [0, 0.1) is 13.8 Å². The number of ether oxygens (including phenoxy) is 2. The normalized spacial score (nSPS) is 12.4. The maximum atomic E-state index is 11.9. The molecule has 0 saturated heterocycles. The molecule has 7 nitrogen and oxygen atoms in total. The summed E-state index contributed by atoms with van der Waals surface area (Å²) in [4.78, 5) is 24.9. The molecule has 0 unspecified atom stereocenters. The van der Waals surface area contributed by atoms with Gasteiger partial charge < -0.3 is 24.3 Å². The van der Waals surface area contributed by atoms with Gasteiger partial charge in [0.25, 0.3) is 0 Å². The van der Waals surface area contributed by atoms with Gasteiger partial charge in [-0.05, 0) is 43.7 Å². The molecule has 1 aromatic carbocycles. The van der Waals surface area contributed by atoms with Crippen LogP contribution in [-0.4, -0.2) is 48.7 Å². The van der Waals surface area contributed by atoms with Crippen molar-refractivity contribution in [2.75, 3.05) is 27.4 Å². The average Bonchev–Trinajstić information content (AvgIpc) is 3.21. The number of nitrogens with zero attached hydrogens (tertiary/aromatic N) is 2. The van der Waals surface area contributed by atoms with Crippen molar-refractivity contribution in [3.05, 3.63) is 47.3 Å². The monoisotopic (exact) mass is 369 g/mol. The van der Waals surface area contributed by atoms with Gasteiger partial charge >= 0.3 is 0 Å². The molecular formula is C20H23N3O4. The van der Waals surface area contributed by atoms with E-state index in [-0.39, 0.29) is 25.2 Å². The number of aromatic nitrogens is 1. The van der Waals surface area contributed by atoms with Crippen molar-refractivity contribution in [3.63, 3.8) is 0 Å². The minimum atomic E-state index is -0.307. The Labute approximate surface area is 158 Å². The van der Waals surface area contributed by atoms with Gasteiger partial charge in [0.05, 0.1) is 6.54 Å². The first-order valence-corrected chi connectivity index (χ1v) is 8.62. The Balaban J connectivity index is 1.76. The van der Waals surface area contributed by atoms with E-state index < -0.39 is 0 Å². The minimum absolute atomic E-state index is 0.0214. The lowest BCUT2D eigenvalue weighted by molar-refractivity contribution is -0.129. The zero-order valence-electron chi connectivity index (χ0n) is 15.9. The van der Waals surface area contributed by atoms with Crippen molar-refractivity contribution >= 4 is 17.9 Å². The van der Waals surface area contributed by atoms with Gasteiger partial charge in [-0.25, -0.2) is 0 Å². The zero-order valence-corrected chi connectivity index (χ0v) is 15.9. The van der Waals surface area contributed by atoms with Gasteiger partial charge in [-0.3, -0.25) is 9.59 Å². The highest BCUT2D eigenvalue weighted by atomic mass is 16.7. The number of amides is 2. The molecule has 2 amide bonds. The summed E-state index contributed by atoms with van der Waals surface area (Å²) < 4.78 is 12.9. The molecule has 27 heavy (non-hydrogen) atoms. The van der Waals surface area contributed by atoms with Gasteiger partial charge in [0, 0.05) is 43.3 Å². The predicted molar refractivity (Wildman–Crippen MR) is 102 cm³/mol. The first kappa shape index (κ1) is 18.6. The fourth-order valence-electron chi connectivity index (χ4n) is 2.92. The van der Waals surface area contributed by atoms with E-state index in [9.17, 15) is 9.59 Å². The Morgan fingerprint density at radius 1 is 1.19 bits per heavy atom. The summed E-state index contributed by atoms with van der Waals surface area (Å²) in [5.74, 6) is 1.00. The lowest BCUT2D eigenvalue weighted by Crippen LogP contribution is -2.35. The van der Waals surface area contributed by atoms with E-state index in [4.69, 9.17) is 9.47 Å². The molecule has 2 heterocycles. The SMILES string of the molecule is Cc1cc(/C=C/C(=O)NCC(=O)N(C)C)c(C)n1-c1ccc2c(c1)OCO2.